The van der Waals surface area contributed by atoms with Crippen LogP contribution in [0.15, 0.2) is 29.8 Å². The van der Waals surface area contributed by atoms with Crippen LogP contribution in [0.3, 0.4) is 0 Å². The number of aliphatic hydroxyl groups is 1. The molecule has 6 aliphatic rings. The van der Waals surface area contributed by atoms with Crippen LogP contribution >= 0.6 is 0 Å². The molecular weight excluding hydrogens is 372 g/mol. The third kappa shape index (κ3) is 1.94. The summed E-state index contributed by atoms with van der Waals surface area (Å²) in [6.07, 6.45) is 2.15. The Morgan fingerprint density at radius 2 is 2.10 bits per heavy atom. The van der Waals surface area contributed by atoms with Crippen molar-refractivity contribution in [3.05, 3.63) is 35.4 Å². The molecule has 1 amide bonds. The highest BCUT2D eigenvalue weighted by Crippen LogP contribution is 2.63. The molecule has 4 fully saturated rings. The van der Waals surface area contributed by atoms with E-state index in [1.165, 1.54) is 0 Å². The van der Waals surface area contributed by atoms with E-state index in [-0.39, 0.29) is 30.3 Å². The van der Waals surface area contributed by atoms with Crippen LogP contribution in [0.4, 0.5) is 5.69 Å². The van der Waals surface area contributed by atoms with Crippen molar-refractivity contribution in [1.82, 2.24) is 4.90 Å². The van der Waals surface area contributed by atoms with Gasteiger partial charge in [0.1, 0.15) is 17.1 Å². The molecule has 1 aromatic carbocycles. The van der Waals surface area contributed by atoms with Crippen LogP contribution in [-0.4, -0.2) is 71.3 Å². The standard InChI is InChI=1S/C22H24N2O5/c1-23-7-6-21-13-3-2-4-14(25)19(13)24-17(27)9-15-18(20(21)24)22(28,10-16(21)26)12(11-23)5-8-29-15/h2-5,15,18,20,25,28H,6-11H2,1H3/t15-,18-,20-,21+,22+/m0/s1. The van der Waals surface area contributed by atoms with E-state index >= 15 is 0 Å². The van der Waals surface area contributed by atoms with Crippen molar-refractivity contribution in [3.63, 3.8) is 0 Å². The van der Waals surface area contributed by atoms with Gasteiger partial charge in [-0.05, 0) is 37.2 Å². The number of likely N-dealkylation sites (N-methyl/N-ethyl adjacent to an activating group) is 1. The number of para-hydroxylation sites is 1. The second kappa shape index (κ2) is 5.47. The van der Waals surface area contributed by atoms with Crippen LogP contribution in [0.2, 0.25) is 0 Å². The topological polar surface area (TPSA) is 90.3 Å². The fourth-order valence-electron chi connectivity index (χ4n) is 6.71. The number of Topliss-reactive ketones (excluding diaryl/α,β-unsaturated/α-hetero) is 1. The molecule has 1 spiro atoms. The van der Waals surface area contributed by atoms with E-state index in [0.717, 1.165) is 5.57 Å². The van der Waals surface area contributed by atoms with E-state index in [1.807, 2.05) is 19.2 Å². The van der Waals surface area contributed by atoms with Crippen molar-refractivity contribution in [3.8, 4) is 5.75 Å². The molecule has 152 valence electrons. The molecule has 1 saturated carbocycles. The lowest BCUT2D eigenvalue weighted by atomic mass is 9.53. The number of ketones is 1. The average molecular weight is 396 g/mol. The zero-order chi connectivity index (χ0) is 20.1. The van der Waals surface area contributed by atoms with Gasteiger partial charge < -0.3 is 24.7 Å². The number of hydrogen-bond acceptors (Lipinski definition) is 6. The van der Waals surface area contributed by atoms with Crippen molar-refractivity contribution in [2.24, 2.45) is 5.92 Å². The van der Waals surface area contributed by atoms with Crippen molar-refractivity contribution in [2.45, 2.75) is 42.4 Å². The van der Waals surface area contributed by atoms with E-state index in [1.54, 1.807) is 17.0 Å². The Hall–Kier alpha value is -2.22. The fraction of sp³-hybridized carbons (Fsp3) is 0.545. The Balaban J connectivity index is 1.70. The van der Waals surface area contributed by atoms with E-state index in [0.29, 0.717) is 37.4 Å². The largest absolute Gasteiger partial charge is 0.506 e. The number of phenols is 1. The quantitative estimate of drug-likeness (QED) is 0.629. The number of ether oxygens (including phenoxy) is 1. The lowest BCUT2D eigenvalue weighted by molar-refractivity contribution is -0.157. The number of phenolic OH excluding ortho intramolecular Hbond substituents is 1. The minimum Gasteiger partial charge on any atom is -0.506 e. The molecule has 3 saturated heterocycles. The zero-order valence-corrected chi connectivity index (χ0v) is 16.3. The molecule has 4 bridgehead atoms. The summed E-state index contributed by atoms with van der Waals surface area (Å²) in [5.74, 6) is -0.610. The monoisotopic (exact) mass is 396 g/mol. The maximum absolute atomic E-state index is 13.8. The number of aromatic hydroxyl groups is 1. The SMILES string of the molecule is CN1CC[C@]23C(=O)C[C@@]4(O)C(=CCO[C@H]5CC(=O)N(c6c(O)cccc62)[C@H]3[C@H]54)C1. The highest BCUT2D eigenvalue weighted by atomic mass is 16.5. The molecule has 0 unspecified atom stereocenters. The number of fused-ring (bicyclic) bond motifs is 6. The van der Waals surface area contributed by atoms with Crippen LogP contribution in [-0.2, 0) is 19.7 Å². The normalized spacial score (nSPS) is 40.7. The molecule has 5 aliphatic heterocycles. The van der Waals surface area contributed by atoms with Gasteiger partial charge >= 0.3 is 0 Å². The zero-order valence-electron chi connectivity index (χ0n) is 16.3. The Bertz CT molecular complexity index is 989. The van der Waals surface area contributed by atoms with Gasteiger partial charge in [-0.3, -0.25) is 9.59 Å². The van der Waals surface area contributed by atoms with E-state index in [4.69, 9.17) is 4.74 Å². The summed E-state index contributed by atoms with van der Waals surface area (Å²) in [6.45, 7) is 1.55. The summed E-state index contributed by atoms with van der Waals surface area (Å²) in [5.41, 5.74) is -0.311. The van der Waals surface area contributed by atoms with Crippen molar-refractivity contribution < 1.29 is 24.5 Å². The first-order chi connectivity index (χ1) is 13.9. The number of rotatable bonds is 0. The van der Waals surface area contributed by atoms with Gasteiger partial charge in [-0.2, -0.15) is 0 Å². The van der Waals surface area contributed by atoms with Crippen LogP contribution in [0.1, 0.15) is 24.8 Å². The van der Waals surface area contributed by atoms with Crippen LogP contribution < -0.4 is 4.90 Å². The first-order valence-electron chi connectivity index (χ1n) is 10.3. The number of carbonyl (C=O) groups excluding carboxylic acids is 2. The molecule has 2 N–H and O–H groups in total. The van der Waals surface area contributed by atoms with Crippen LogP contribution in [0.25, 0.3) is 0 Å². The predicted octanol–water partition coefficient (Wildman–Crippen LogP) is 0.730. The maximum atomic E-state index is 13.8. The van der Waals surface area contributed by atoms with E-state index < -0.39 is 29.1 Å². The van der Waals surface area contributed by atoms with Crippen LogP contribution in [0, 0.1) is 5.92 Å². The predicted molar refractivity (Wildman–Crippen MR) is 104 cm³/mol. The van der Waals surface area contributed by atoms with E-state index in [9.17, 15) is 19.8 Å². The molecule has 0 aromatic heterocycles. The lowest BCUT2D eigenvalue weighted by Crippen LogP contribution is -2.71. The second-order valence-electron chi connectivity index (χ2n) is 9.20. The summed E-state index contributed by atoms with van der Waals surface area (Å²) in [6, 6.07) is 4.62. The second-order valence-corrected chi connectivity index (χ2v) is 9.20. The minimum atomic E-state index is -1.35. The summed E-state index contributed by atoms with van der Waals surface area (Å²) in [4.78, 5) is 30.8. The first-order valence-corrected chi connectivity index (χ1v) is 10.3. The number of piperidine rings is 1. The third-order valence-electron chi connectivity index (χ3n) is 7.91. The molecule has 5 atom stereocenters. The molecule has 0 radical (unpaired) electrons. The highest BCUT2D eigenvalue weighted by molar-refractivity contribution is 6.07. The number of nitrogens with zero attached hydrogens (tertiary/aromatic N) is 2. The van der Waals surface area contributed by atoms with Gasteiger partial charge in [0, 0.05) is 18.9 Å². The Kier molecular flexibility index (Phi) is 3.33. The van der Waals surface area contributed by atoms with Gasteiger partial charge in [0.2, 0.25) is 5.91 Å². The molecule has 7 rings (SSSR count). The highest BCUT2D eigenvalue weighted by Gasteiger charge is 2.72. The average Bonchev–Trinajstić information content (AvgIpc) is 2.93. The molecule has 1 aliphatic carbocycles. The number of carbonyl (C=O) groups is 2. The summed E-state index contributed by atoms with van der Waals surface area (Å²) in [5, 5.41) is 22.7. The minimum absolute atomic E-state index is 0.00938. The molecule has 7 heteroatoms. The summed E-state index contributed by atoms with van der Waals surface area (Å²) in [7, 11) is 1.99. The molecule has 29 heavy (non-hydrogen) atoms. The summed E-state index contributed by atoms with van der Waals surface area (Å²) < 4.78 is 6.07. The van der Waals surface area contributed by atoms with Gasteiger partial charge in [-0.1, -0.05) is 18.2 Å². The Morgan fingerprint density at radius 1 is 1.28 bits per heavy atom. The number of hydrogen-bond donors (Lipinski definition) is 2. The Labute approximate surface area is 168 Å². The fourth-order valence-corrected chi connectivity index (χ4v) is 6.71. The molecule has 1 aromatic rings. The van der Waals surface area contributed by atoms with Gasteiger partial charge in [-0.15, -0.1) is 0 Å². The Morgan fingerprint density at radius 3 is 2.93 bits per heavy atom. The maximum Gasteiger partial charge on any atom is 0.230 e. The molecule has 7 nitrogen and oxygen atoms in total. The third-order valence-corrected chi connectivity index (χ3v) is 7.91. The van der Waals surface area contributed by atoms with E-state index in [2.05, 4.69) is 4.90 Å². The molecule has 5 heterocycles. The van der Waals surface area contributed by atoms with Gasteiger partial charge in [-0.25, -0.2) is 0 Å². The van der Waals surface area contributed by atoms with Crippen molar-refractivity contribution in [1.29, 1.82) is 0 Å². The lowest BCUT2D eigenvalue weighted by Gasteiger charge is -2.56. The number of amides is 1. The summed E-state index contributed by atoms with van der Waals surface area (Å²) >= 11 is 0. The van der Waals surface area contributed by atoms with Crippen LogP contribution in [0.5, 0.6) is 5.75 Å². The van der Waals surface area contributed by atoms with Gasteiger partial charge in [0.05, 0.1) is 36.3 Å². The first kappa shape index (κ1) is 17.6. The smallest absolute Gasteiger partial charge is 0.230 e. The van der Waals surface area contributed by atoms with Crippen molar-refractivity contribution >= 4 is 17.4 Å². The van der Waals surface area contributed by atoms with Gasteiger partial charge in [0.15, 0.2) is 0 Å². The number of anilines is 1. The molecular formula is C22H24N2O5. The van der Waals surface area contributed by atoms with Crippen molar-refractivity contribution in [2.75, 3.05) is 31.6 Å². The van der Waals surface area contributed by atoms with Gasteiger partial charge in [0.25, 0.3) is 0 Å². The number of benzene rings is 1.